The van der Waals surface area contributed by atoms with Gasteiger partial charge in [-0.15, -0.1) is 0 Å². The van der Waals surface area contributed by atoms with E-state index in [1.165, 1.54) is 17.6 Å². The third-order valence-corrected chi connectivity index (χ3v) is 4.20. The average Bonchev–Trinajstić information content (AvgIpc) is 2.61. The molecule has 2 aromatic rings. The van der Waals surface area contributed by atoms with Crippen LogP contribution in [0.15, 0.2) is 41.2 Å². The summed E-state index contributed by atoms with van der Waals surface area (Å²) in [5, 5.41) is 0. The second kappa shape index (κ2) is 8.66. The van der Waals surface area contributed by atoms with Gasteiger partial charge in [0, 0.05) is 18.7 Å². The molecule has 0 saturated carbocycles. The molecular formula is C21H25NO5. The van der Waals surface area contributed by atoms with Crippen molar-refractivity contribution in [3.8, 4) is 11.4 Å². The summed E-state index contributed by atoms with van der Waals surface area (Å²) in [6, 6.07) is 10.1. The highest BCUT2D eigenvalue weighted by atomic mass is 16.5. The predicted octanol–water partition coefficient (Wildman–Crippen LogP) is 3.55. The molecule has 0 fully saturated rings. The largest absolute Gasteiger partial charge is 0.465 e. The maximum absolute atomic E-state index is 12.7. The van der Waals surface area contributed by atoms with Crippen molar-refractivity contribution in [2.45, 2.75) is 46.5 Å². The van der Waals surface area contributed by atoms with Crippen molar-refractivity contribution in [2.24, 2.45) is 0 Å². The van der Waals surface area contributed by atoms with Crippen LogP contribution in [0, 0.1) is 0 Å². The number of pyridine rings is 1. The predicted molar refractivity (Wildman–Crippen MR) is 102 cm³/mol. The van der Waals surface area contributed by atoms with E-state index in [0.717, 1.165) is 5.56 Å². The Bertz CT molecular complexity index is 898. The Morgan fingerprint density at radius 2 is 1.74 bits per heavy atom. The van der Waals surface area contributed by atoms with E-state index in [4.69, 9.17) is 9.47 Å². The van der Waals surface area contributed by atoms with Crippen molar-refractivity contribution in [2.75, 3.05) is 6.61 Å². The highest BCUT2D eigenvalue weighted by Crippen LogP contribution is 2.34. The molecule has 1 unspecified atom stereocenters. The summed E-state index contributed by atoms with van der Waals surface area (Å²) < 4.78 is 12.0. The topological polar surface area (TPSA) is 74.6 Å². The van der Waals surface area contributed by atoms with Gasteiger partial charge in [0.25, 0.3) is 5.56 Å². The van der Waals surface area contributed by atoms with Crippen molar-refractivity contribution in [3.05, 3.63) is 58.0 Å². The molecule has 0 amide bonds. The van der Waals surface area contributed by atoms with Crippen molar-refractivity contribution in [1.29, 1.82) is 0 Å². The minimum Gasteiger partial charge on any atom is -0.465 e. The van der Waals surface area contributed by atoms with E-state index in [-0.39, 0.29) is 18.1 Å². The van der Waals surface area contributed by atoms with Crippen LogP contribution in [0.25, 0.3) is 5.69 Å². The number of aromatic nitrogens is 1. The van der Waals surface area contributed by atoms with Crippen LogP contribution in [0.2, 0.25) is 0 Å². The minimum atomic E-state index is -0.660. The third-order valence-electron chi connectivity index (χ3n) is 4.20. The van der Waals surface area contributed by atoms with Gasteiger partial charge in [0.2, 0.25) is 0 Å². The third kappa shape index (κ3) is 4.45. The molecule has 0 aliphatic rings. The Balaban J connectivity index is 2.75. The number of rotatable bonds is 6. The molecule has 0 bridgehead atoms. The molecule has 1 aromatic carbocycles. The molecular weight excluding hydrogens is 346 g/mol. The molecule has 0 radical (unpaired) electrons. The lowest BCUT2D eigenvalue weighted by Crippen LogP contribution is -2.26. The number of carbonyl (C=O) groups excluding carboxylic acids is 2. The molecule has 0 saturated heterocycles. The second-order valence-electron chi connectivity index (χ2n) is 6.54. The summed E-state index contributed by atoms with van der Waals surface area (Å²) >= 11 is 0. The Kier molecular flexibility index (Phi) is 6.55. The Morgan fingerprint density at radius 3 is 2.33 bits per heavy atom. The summed E-state index contributed by atoms with van der Waals surface area (Å²) in [6.45, 7) is 8.93. The lowest BCUT2D eigenvalue weighted by atomic mass is 10.00. The Morgan fingerprint density at radius 1 is 1.07 bits per heavy atom. The van der Waals surface area contributed by atoms with Crippen molar-refractivity contribution < 1.29 is 19.1 Å². The molecule has 0 N–H and O–H groups in total. The normalized spacial score (nSPS) is 11.9. The molecule has 27 heavy (non-hydrogen) atoms. The number of nitrogens with zero attached hydrogens (tertiary/aromatic N) is 1. The Hall–Kier alpha value is -2.89. The number of carbonyl (C=O) groups is 2. The number of ether oxygens (including phenoxy) is 2. The zero-order chi connectivity index (χ0) is 20.1. The van der Waals surface area contributed by atoms with Gasteiger partial charge in [-0.3, -0.25) is 19.0 Å². The summed E-state index contributed by atoms with van der Waals surface area (Å²) in [6.07, 6.45) is 0. The first-order chi connectivity index (χ1) is 12.8. The molecule has 1 atom stereocenters. The van der Waals surface area contributed by atoms with E-state index in [2.05, 4.69) is 0 Å². The first-order valence-electron chi connectivity index (χ1n) is 8.98. The molecule has 6 nitrogen and oxygen atoms in total. The van der Waals surface area contributed by atoms with Gasteiger partial charge in [-0.1, -0.05) is 32.0 Å². The molecule has 0 aliphatic carbocycles. The van der Waals surface area contributed by atoms with Gasteiger partial charge in [-0.25, -0.2) is 0 Å². The van der Waals surface area contributed by atoms with E-state index in [1.807, 2.05) is 19.9 Å². The zero-order valence-corrected chi connectivity index (χ0v) is 16.3. The van der Waals surface area contributed by atoms with Crippen LogP contribution in [0.5, 0.6) is 5.75 Å². The Labute approximate surface area is 158 Å². The number of benzene rings is 1. The SMILES string of the molecule is CCOC(=O)C(C)c1cccc(=O)n1-c1cccc(C(C)C)c1OC(C)=O. The van der Waals surface area contributed by atoms with Gasteiger partial charge in [0.05, 0.1) is 18.2 Å². The fourth-order valence-corrected chi connectivity index (χ4v) is 2.92. The fraction of sp³-hybridized carbons (Fsp3) is 0.381. The van der Waals surface area contributed by atoms with E-state index in [0.29, 0.717) is 17.1 Å². The maximum Gasteiger partial charge on any atom is 0.314 e. The molecule has 6 heteroatoms. The maximum atomic E-state index is 12.7. The smallest absolute Gasteiger partial charge is 0.314 e. The first-order valence-corrected chi connectivity index (χ1v) is 8.98. The van der Waals surface area contributed by atoms with Gasteiger partial charge in [-0.05, 0) is 37.5 Å². The van der Waals surface area contributed by atoms with Gasteiger partial charge in [-0.2, -0.15) is 0 Å². The molecule has 0 aliphatic heterocycles. The highest BCUT2D eigenvalue weighted by molar-refractivity contribution is 5.78. The fourth-order valence-electron chi connectivity index (χ4n) is 2.92. The van der Waals surface area contributed by atoms with Gasteiger partial charge in [0.15, 0.2) is 5.75 Å². The minimum absolute atomic E-state index is 0.0737. The van der Waals surface area contributed by atoms with Gasteiger partial charge >= 0.3 is 11.9 Å². The summed E-state index contributed by atoms with van der Waals surface area (Å²) in [5.74, 6) is -1.17. The van der Waals surface area contributed by atoms with E-state index in [1.54, 1.807) is 38.1 Å². The zero-order valence-electron chi connectivity index (χ0n) is 16.3. The van der Waals surface area contributed by atoms with Crippen LogP contribution in [0.4, 0.5) is 0 Å². The van der Waals surface area contributed by atoms with Crippen LogP contribution >= 0.6 is 0 Å². The van der Waals surface area contributed by atoms with Crippen LogP contribution in [-0.4, -0.2) is 23.1 Å². The van der Waals surface area contributed by atoms with Crippen LogP contribution < -0.4 is 10.3 Å². The highest BCUT2D eigenvalue weighted by Gasteiger charge is 2.24. The molecule has 144 valence electrons. The van der Waals surface area contributed by atoms with E-state index >= 15 is 0 Å². The number of hydrogen-bond acceptors (Lipinski definition) is 5. The van der Waals surface area contributed by atoms with Gasteiger partial charge < -0.3 is 9.47 Å². The summed E-state index contributed by atoms with van der Waals surface area (Å²) in [4.78, 5) is 36.7. The molecule has 2 rings (SSSR count). The van der Waals surface area contributed by atoms with E-state index < -0.39 is 17.9 Å². The standard InChI is InChI=1S/C21H25NO5/c1-6-26-21(25)14(4)17-10-8-12-19(24)22(17)18-11-7-9-16(13(2)3)20(18)27-15(5)23/h7-14H,6H2,1-5H3. The molecule has 0 spiro atoms. The molecule has 1 heterocycles. The molecule has 1 aromatic heterocycles. The lowest BCUT2D eigenvalue weighted by Gasteiger charge is -2.21. The number of hydrogen-bond donors (Lipinski definition) is 0. The summed E-state index contributed by atoms with van der Waals surface area (Å²) in [7, 11) is 0. The summed E-state index contributed by atoms with van der Waals surface area (Å²) in [5.41, 5.74) is 1.37. The second-order valence-corrected chi connectivity index (χ2v) is 6.54. The average molecular weight is 371 g/mol. The van der Waals surface area contributed by atoms with E-state index in [9.17, 15) is 14.4 Å². The van der Waals surface area contributed by atoms with Crippen LogP contribution in [0.1, 0.15) is 57.7 Å². The van der Waals surface area contributed by atoms with Gasteiger partial charge in [0.1, 0.15) is 0 Å². The monoisotopic (exact) mass is 371 g/mol. The quantitative estimate of drug-likeness (QED) is 0.573. The van der Waals surface area contributed by atoms with Crippen molar-refractivity contribution >= 4 is 11.9 Å². The number of para-hydroxylation sites is 1. The van der Waals surface area contributed by atoms with Crippen LogP contribution in [-0.2, 0) is 14.3 Å². The first kappa shape index (κ1) is 20.4. The van der Waals surface area contributed by atoms with Crippen LogP contribution in [0.3, 0.4) is 0 Å². The lowest BCUT2D eigenvalue weighted by molar-refractivity contribution is -0.144. The van der Waals surface area contributed by atoms with Crippen molar-refractivity contribution in [1.82, 2.24) is 4.57 Å². The number of esters is 2. The van der Waals surface area contributed by atoms with Crippen molar-refractivity contribution in [3.63, 3.8) is 0 Å².